The van der Waals surface area contributed by atoms with Crippen molar-refractivity contribution in [1.29, 1.82) is 0 Å². The first-order valence-electron chi connectivity index (χ1n) is 6.81. The van der Waals surface area contributed by atoms with Crippen molar-refractivity contribution in [3.05, 3.63) is 39.8 Å². The second-order valence-electron chi connectivity index (χ2n) is 5.11. The third kappa shape index (κ3) is 2.13. The molecule has 1 aliphatic carbocycles. The fourth-order valence-electron chi connectivity index (χ4n) is 2.83. The molecule has 0 aliphatic heterocycles. The Morgan fingerprint density at radius 2 is 2.32 bits per heavy atom. The number of fused-ring (bicyclic) bond motifs is 3. The standard InChI is InChI=1S/C15H18BrN3/c1-2-4-9(8-17)15-18-13-7-11-10(14(13)19-15)5-3-6-12(11)16/h3,5-6,9H,2,4,7-8,17H2,1H3,(H,18,19). The van der Waals surface area contributed by atoms with Gasteiger partial charge in [-0.15, -0.1) is 0 Å². The number of imidazole rings is 1. The van der Waals surface area contributed by atoms with E-state index in [1.807, 2.05) is 0 Å². The Balaban J connectivity index is 1.99. The lowest BCUT2D eigenvalue weighted by molar-refractivity contribution is 0.594. The zero-order valence-corrected chi connectivity index (χ0v) is 12.6. The first kappa shape index (κ1) is 12.9. The molecular weight excluding hydrogens is 302 g/mol. The SMILES string of the molecule is CCCC(CN)c1nc2c([nH]1)Cc1c(Br)cccc1-2. The van der Waals surface area contributed by atoms with E-state index in [0.717, 1.165) is 30.8 Å². The van der Waals surface area contributed by atoms with Crippen LogP contribution in [0.4, 0.5) is 0 Å². The molecule has 0 saturated carbocycles. The van der Waals surface area contributed by atoms with Crippen LogP contribution in [0.2, 0.25) is 0 Å². The lowest BCUT2D eigenvalue weighted by Gasteiger charge is -2.10. The summed E-state index contributed by atoms with van der Waals surface area (Å²) >= 11 is 3.62. The summed E-state index contributed by atoms with van der Waals surface area (Å²) < 4.78 is 1.17. The van der Waals surface area contributed by atoms with Crippen molar-refractivity contribution in [3.8, 4) is 11.3 Å². The minimum Gasteiger partial charge on any atom is -0.345 e. The molecule has 19 heavy (non-hydrogen) atoms. The van der Waals surface area contributed by atoms with E-state index in [4.69, 9.17) is 10.7 Å². The molecule has 0 amide bonds. The van der Waals surface area contributed by atoms with E-state index >= 15 is 0 Å². The Bertz CT molecular complexity index is 603. The van der Waals surface area contributed by atoms with Gasteiger partial charge >= 0.3 is 0 Å². The predicted molar refractivity (Wildman–Crippen MR) is 81.2 cm³/mol. The van der Waals surface area contributed by atoms with Crippen molar-refractivity contribution in [3.63, 3.8) is 0 Å². The molecule has 2 aromatic rings. The van der Waals surface area contributed by atoms with Crippen LogP contribution in [0, 0.1) is 0 Å². The largest absolute Gasteiger partial charge is 0.345 e. The van der Waals surface area contributed by atoms with Gasteiger partial charge in [-0.1, -0.05) is 41.4 Å². The molecule has 1 atom stereocenters. The Hall–Kier alpha value is -1.13. The molecule has 100 valence electrons. The maximum atomic E-state index is 5.86. The highest BCUT2D eigenvalue weighted by molar-refractivity contribution is 9.10. The van der Waals surface area contributed by atoms with E-state index in [1.54, 1.807) is 0 Å². The summed E-state index contributed by atoms with van der Waals surface area (Å²) in [5, 5.41) is 0. The van der Waals surface area contributed by atoms with Crippen LogP contribution in [-0.4, -0.2) is 16.5 Å². The fraction of sp³-hybridized carbons (Fsp3) is 0.400. The predicted octanol–water partition coefficient (Wildman–Crippen LogP) is 3.59. The molecule has 1 aromatic carbocycles. The van der Waals surface area contributed by atoms with Gasteiger partial charge in [0.15, 0.2) is 0 Å². The Kier molecular flexibility index (Phi) is 3.46. The first-order valence-corrected chi connectivity index (χ1v) is 7.60. The fourth-order valence-corrected chi connectivity index (χ4v) is 3.33. The molecule has 3 rings (SSSR count). The molecular formula is C15H18BrN3. The minimum absolute atomic E-state index is 0.353. The summed E-state index contributed by atoms with van der Waals surface area (Å²) in [6.45, 7) is 2.84. The van der Waals surface area contributed by atoms with Crippen LogP contribution in [0.1, 0.15) is 42.8 Å². The average molecular weight is 320 g/mol. The van der Waals surface area contributed by atoms with E-state index in [-0.39, 0.29) is 0 Å². The number of hydrogen-bond acceptors (Lipinski definition) is 2. The Morgan fingerprint density at radius 1 is 1.47 bits per heavy atom. The number of hydrogen-bond donors (Lipinski definition) is 2. The number of nitrogens with zero attached hydrogens (tertiary/aromatic N) is 1. The highest BCUT2D eigenvalue weighted by atomic mass is 79.9. The van der Waals surface area contributed by atoms with Crippen LogP contribution >= 0.6 is 15.9 Å². The van der Waals surface area contributed by atoms with Gasteiger partial charge in [-0.05, 0) is 18.1 Å². The Labute approximate surface area is 121 Å². The maximum Gasteiger partial charge on any atom is 0.111 e. The third-order valence-electron chi connectivity index (χ3n) is 3.83. The van der Waals surface area contributed by atoms with E-state index in [2.05, 4.69) is 46.0 Å². The van der Waals surface area contributed by atoms with Gasteiger partial charge in [0, 0.05) is 34.6 Å². The molecule has 1 aliphatic rings. The topological polar surface area (TPSA) is 54.7 Å². The number of halogens is 1. The van der Waals surface area contributed by atoms with Crippen LogP contribution in [0.15, 0.2) is 22.7 Å². The van der Waals surface area contributed by atoms with E-state index in [0.29, 0.717) is 12.5 Å². The lowest BCUT2D eigenvalue weighted by atomic mass is 10.0. The number of H-pyrrole nitrogens is 1. The van der Waals surface area contributed by atoms with Crippen molar-refractivity contribution in [1.82, 2.24) is 9.97 Å². The van der Waals surface area contributed by atoms with Crippen LogP contribution in [0.3, 0.4) is 0 Å². The van der Waals surface area contributed by atoms with Crippen molar-refractivity contribution in [2.45, 2.75) is 32.1 Å². The number of benzene rings is 1. The number of nitrogens with two attached hydrogens (primary N) is 1. The number of nitrogens with one attached hydrogen (secondary N) is 1. The molecule has 1 unspecified atom stereocenters. The van der Waals surface area contributed by atoms with Crippen LogP contribution in [0.25, 0.3) is 11.3 Å². The molecule has 1 aromatic heterocycles. The van der Waals surface area contributed by atoms with Crippen molar-refractivity contribution < 1.29 is 0 Å². The molecule has 4 heteroatoms. The maximum absolute atomic E-state index is 5.86. The highest BCUT2D eigenvalue weighted by Crippen LogP contribution is 2.39. The zero-order chi connectivity index (χ0) is 13.4. The monoisotopic (exact) mass is 319 g/mol. The van der Waals surface area contributed by atoms with Gasteiger partial charge in [-0.2, -0.15) is 0 Å². The summed E-state index contributed by atoms with van der Waals surface area (Å²) in [6, 6.07) is 6.30. The second kappa shape index (κ2) is 5.10. The smallest absolute Gasteiger partial charge is 0.111 e. The normalized spacial score (nSPS) is 14.3. The Morgan fingerprint density at radius 3 is 3.05 bits per heavy atom. The van der Waals surface area contributed by atoms with Crippen molar-refractivity contribution >= 4 is 15.9 Å². The van der Waals surface area contributed by atoms with Gasteiger partial charge in [0.2, 0.25) is 0 Å². The van der Waals surface area contributed by atoms with Gasteiger partial charge in [0.25, 0.3) is 0 Å². The summed E-state index contributed by atoms with van der Waals surface area (Å²) in [7, 11) is 0. The zero-order valence-electron chi connectivity index (χ0n) is 11.0. The average Bonchev–Trinajstić information content (AvgIpc) is 2.95. The summed E-state index contributed by atoms with van der Waals surface area (Å²) in [6.07, 6.45) is 3.16. The van der Waals surface area contributed by atoms with Gasteiger partial charge in [0.05, 0.1) is 5.69 Å². The van der Waals surface area contributed by atoms with E-state index in [9.17, 15) is 0 Å². The van der Waals surface area contributed by atoms with Gasteiger partial charge in [-0.3, -0.25) is 0 Å². The van der Waals surface area contributed by atoms with Crippen molar-refractivity contribution in [2.24, 2.45) is 5.73 Å². The molecule has 0 saturated heterocycles. The molecule has 1 heterocycles. The molecule has 3 N–H and O–H groups in total. The minimum atomic E-state index is 0.353. The summed E-state index contributed by atoms with van der Waals surface area (Å²) in [5.74, 6) is 1.41. The van der Waals surface area contributed by atoms with E-state index < -0.39 is 0 Å². The molecule has 0 fully saturated rings. The second-order valence-corrected chi connectivity index (χ2v) is 5.97. The highest BCUT2D eigenvalue weighted by Gasteiger charge is 2.26. The third-order valence-corrected chi connectivity index (χ3v) is 4.58. The summed E-state index contributed by atoms with van der Waals surface area (Å²) in [5.41, 5.74) is 10.8. The van der Waals surface area contributed by atoms with Crippen LogP contribution in [-0.2, 0) is 6.42 Å². The summed E-state index contributed by atoms with van der Waals surface area (Å²) in [4.78, 5) is 8.30. The quantitative estimate of drug-likeness (QED) is 0.772. The number of aromatic amines is 1. The first-order chi connectivity index (χ1) is 9.24. The van der Waals surface area contributed by atoms with Gasteiger partial charge < -0.3 is 10.7 Å². The number of aromatic nitrogens is 2. The van der Waals surface area contributed by atoms with Gasteiger partial charge in [-0.25, -0.2) is 4.98 Å². The molecule has 0 radical (unpaired) electrons. The van der Waals surface area contributed by atoms with Crippen LogP contribution in [0.5, 0.6) is 0 Å². The van der Waals surface area contributed by atoms with Crippen LogP contribution < -0.4 is 5.73 Å². The molecule has 0 bridgehead atoms. The van der Waals surface area contributed by atoms with Gasteiger partial charge in [0.1, 0.15) is 5.82 Å². The van der Waals surface area contributed by atoms with E-state index in [1.165, 1.54) is 21.3 Å². The molecule has 0 spiro atoms. The number of rotatable bonds is 4. The molecule has 3 nitrogen and oxygen atoms in total. The lowest BCUT2D eigenvalue weighted by Crippen LogP contribution is -2.14. The van der Waals surface area contributed by atoms with Crippen molar-refractivity contribution in [2.75, 3.05) is 6.54 Å².